The Morgan fingerprint density at radius 3 is 3.00 bits per heavy atom. The summed E-state index contributed by atoms with van der Waals surface area (Å²) in [6.45, 7) is 1.58. The highest BCUT2D eigenvalue weighted by Gasteiger charge is 2.38. The van der Waals surface area contributed by atoms with Crippen LogP contribution in [0.25, 0.3) is 0 Å². The quantitative estimate of drug-likeness (QED) is 0.572. The maximum Gasteiger partial charge on any atom is 0.251 e. The summed E-state index contributed by atoms with van der Waals surface area (Å²) in [5, 5.41) is 12.7. The number of nitrogens with one attached hydrogen (secondary N) is 1. The van der Waals surface area contributed by atoms with Crippen molar-refractivity contribution in [2.45, 2.75) is 31.7 Å². The largest absolute Gasteiger partial charge is 0.512 e. The van der Waals surface area contributed by atoms with Crippen molar-refractivity contribution in [1.82, 2.24) is 5.32 Å². The minimum Gasteiger partial charge on any atom is -0.512 e. The molecule has 0 radical (unpaired) electrons. The predicted octanol–water partition coefficient (Wildman–Crippen LogP) is 2.81. The highest BCUT2D eigenvalue weighted by atomic mass is 79.9. The summed E-state index contributed by atoms with van der Waals surface area (Å²) in [4.78, 5) is 12.0. The molecule has 3 rings (SSSR count). The molecule has 0 aromatic heterocycles. The maximum absolute atomic E-state index is 12.0. The van der Waals surface area contributed by atoms with Crippen molar-refractivity contribution in [2.24, 2.45) is 0 Å². The van der Waals surface area contributed by atoms with Crippen molar-refractivity contribution >= 4 is 21.8 Å². The van der Waals surface area contributed by atoms with Gasteiger partial charge in [0.25, 0.3) is 5.91 Å². The lowest BCUT2D eigenvalue weighted by atomic mass is 9.73. The Labute approximate surface area is 114 Å². The molecule has 1 aromatic rings. The SMILES string of the molecule is C/C(O)=C1\C(=O)NC2Cc3ccc(Br)cc3C1C2. The molecule has 2 N–H and O–H groups in total. The van der Waals surface area contributed by atoms with E-state index in [1.807, 2.05) is 6.07 Å². The van der Waals surface area contributed by atoms with Crippen LogP contribution in [-0.4, -0.2) is 17.1 Å². The lowest BCUT2D eigenvalue weighted by molar-refractivity contribution is -0.119. The third-order valence-electron chi connectivity index (χ3n) is 3.79. The number of piperidine rings is 1. The highest BCUT2D eigenvalue weighted by molar-refractivity contribution is 9.10. The Morgan fingerprint density at radius 1 is 1.50 bits per heavy atom. The molecule has 2 bridgehead atoms. The summed E-state index contributed by atoms with van der Waals surface area (Å²) in [6.07, 6.45) is 1.75. The van der Waals surface area contributed by atoms with Crippen molar-refractivity contribution in [3.05, 3.63) is 45.1 Å². The average Bonchev–Trinajstić information content (AvgIpc) is 2.29. The summed E-state index contributed by atoms with van der Waals surface area (Å²) < 4.78 is 1.01. The Hall–Kier alpha value is -1.29. The van der Waals surface area contributed by atoms with Crippen molar-refractivity contribution in [2.75, 3.05) is 0 Å². The number of halogens is 1. The molecule has 2 aliphatic rings. The number of benzene rings is 1. The molecule has 0 spiro atoms. The number of amides is 1. The van der Waals surface area contributed by atoms with Gasteiger partial charge in [-0.15, -0.1) is 0 Å². The average molecular weight is 308 g/mol. The zero-order valence-electron chi connectivity index (χ0n) is 10.0. The van der Waals surface area contributed by atoms with E-state index in [1.54, 1.807) is 6.92 Å². The van der Waals surface area contributed by atoms with E-state index in [2.05, 4.69) is 33.4 Å². The molecule has 1 aromatic carbocycles. The van der Waals surface area contributed by atoms with Crippen LogP contribution in [0.4, 0.5) is 0 Å². The van der Waals surface area contributed by atoms with Crippen LogP contribution in [0.3, 0.4) is 0 Å². The number of fused-ring (bicyclic) bond motifs is 4. The smallest absolute Gasteiger partial charge is 0.251 e. The van der Waals surface area contributed by atoms with Crippen molar-refractivity contribution in [1.29, 1.82) is 0 Å². The Balaban J connectivity index is 2.17. The van der Waals surface area contributed by atoms with Gasteiger partial charge in [0, 0.05) is 16.4 Å². The van der Waals surface area contributed by atoms with Crippen LogP contribution in [0.15, 0.2) is 34.0 Å². The number of hydrogen-bond donors (Lipinski definition) is 2. The lowest BCUT2D eigenvalue weighted by Gasteiger charge is -2.38. The fourth-order valence-corrected chi connectivity index (χ4v) is 3.44. The van der Waals surface area contributed by atoms with Crippen molar-refractivity contribution in [3.8, 4) is 0 Å². The monoisotopic (exact) mass is 307 g/mol. The van der Waals surface area contributed by atoms with Gasteiger partial charge in [-0.1, -0.05) is 22.0 Å². The van der Waals surface area contributed by atoms with E-state index in [0.717, 1.165) is 17.3 Å². The van der Waals surface area contributed by atoms with E-state index >= 15 is 0 Å². The first-order chi connectivity index (χ1) is 8.56. The van der Waals surface area contributed by atoms with Crippen LogP contribution in [-0.2, 0) is 11.2 Å². The van der Waals surface area contributed by atoms with Gasteiger partial charge in [-0.25, -0.2) is 0 Å². The second-order valence-corrected chi connectivity index (χ2v) is 5.92. The summed E-state index contributed by atoms with van der Waals surface area (Å²) >= 11 is 3.47. The van der Waals surface area contributed by atoms with Gasteiger partial charge in [-0.2, -0.15) is 0 Å². The molecule has 3 nitrogen and oxygen atoms in total. The van der Waals surface area contributed by atoms with Crippen LogP contribution in [0.1, 0.15) is 30.4 Å². The number of carbonyl (C=O) groups is 1. The first-order valence-corrected chi connectivity index (χ1v) is 6.84. The Kier molecular flexibility index (Phi) is 2.70. The minimum atomic E-state index is -0.123. The molecule has 4 heteroatoms. The van der Waals surface area contributed by atoms with E-state index in [9.17, 15) is 9.90 Å². The molecule has 0 saturated carbocycles. The number of hydrogen-bond acceptors (Lipinski definition) is 2. The zero-order valence-corrected chi connectivity index (χ0v) is 11.6. The van der Waals surface area contributed by atoms with E-state index in [-0.39, 0.29) is 23.6 Å². The first kappa shape index (κ1) is 11.8. The number of aliphatic hydroxyl groups excluding tert-OH is 1. The molecule has 1 amide bonds. The van der Waals surface area contributed by atoms with Gasteiger partial charge in [0.15, 0.2) is 0 Å². The summed E-state index contributed by atoms with van der Waals surface area (Å²) in [7, 11) is 0. The minimum absolute atomic E-state index is 0.0231. The van der Waals surface area contributed by atoms with Gasteiger partial charge in [0.05, 0.1) is 11.3 Å². The highest BCUT2D eigenvalue weighted by Crippen LogP contribution is 2.41. The second-order valence-electron chi connectivity index (χ2n) is 5.01. The van der Waals surface area contributed by atoms with Gasteiger partial charge in [-0.3, -0.25) is 4.79 Å². The third kappa shape index (κ3) is 1.75. The Morgan fingerprint density at radius 2 is 2.28 bits per heavy atom. The maximum atomic E-state index is 12.0. The molecule has 2 unspecified atom stereocenters. The van der Waals surface area contributed by atoms with E-state index in [0.29, 0.717) is 5.57 Å². The van der Waals surface area contributed by atoms with Gasteiger partial charge < -0.3 is 10.4 Å². The van der Waals surface area contributed by atoms with Gasteiger partial charge in [0.2, 0.25) is 0 Å². The van der Waals surface area contributed by atoms with Gasteiger partial charge in [-0.05, 0) is 43.0 Å². The molecular formula is C14H14BrNO2. The molecule has 1 saturated heterocycles. The first-order valence-electron chi connectivity index (χ1n) is 6.05. The number of rotatable bonds is 0. The predicted molar refractivity (Wildman–Crippen MR) is 72.5 cm³/mol. The van der Waals surface area contributed by atoms with Crippen molar-refractivity contribution < 1.29 is 9.90 Å². The summed E-state index contributed by atoms with van der Waals surface area (Å²) in [5.74, 6) is 0.0284. The molecular weight excluding hydrogens is 294 g/mol. The molecule has 94 valence electrons. The van der Waals surface area contributed by atoms with Gasteiger partial charge in [0.1, 0.15) is 0 Å². The Bertz CT molecular complexity index is 561. The summed E-state index contributed by atoms with van der Waals surface area (Å²) in [6, 6.07) is 6.38. The molecule has 2 atom stereocenters. The fourth-order valence-electron chi connectivity index (χ4n) is 3.06. The van der Waals surface area contributed by atoms with Crippen LogP contribution < -0.4 is 5.32 Å². The van der Waals surface area contributed by atoms with E-state index in [1.165, 1.54) is 11.1 Å². The van der Waals surface area contributed by atoms with E-state index < -0.39 is 0 Å². The van der Waals surface area contributed by atoms with Crippen LogP contribution in [0, 0.1) is 0 Å². The number of carbonyl (C=O) groups excluding carboxylic acids is 1. The molecule has 1 fully saturated rings. The molecule has 18 heavy (non-hydrogen) atoms. The fraction of sp³-hybridized carbons (Fsp3) is 0.357. The van der Waals surface area contributed by atoms with Crippen LogP contribution in [0.5, 0.6) is 0 Å². The molecule has 1 aliphatic carbocycles. The van der Waals surface area contributed by atoms with E-state index in [4.69, 9.17) is 0 Å². The topological polar surface area (TPSA) is 49.3 Å². The van der Waals surface area contributed by atoms with Crippen molar-refractivity contribution in [3.63, 3.8) is 0 Å². The number of allylic oxidation sites excluding steroid dienone is 1. The van der Waals surface area contributed by atoms with Crippen LogP contribution in [0.2, 0.25) is 0 Å². The molecule has 1 heterocycles. The zero-order chi connectivity index (χ0) is 12.9. The number of aliphatic hydroxyl groups is 1. The van der Waals surface area contributed by atoms with Crippen LogP contribution >= 0.6 is 15.9 Å². The standard InChI is InChI=1S/C14H14BrNO2/c1-7(17)13-12-6-10(16-14(13)18)4-8-2-3-9(15)5-11(8)12/h2-3,5,10,12,17H,4,6H2,1H3,(H,16,18)/b13-7+. The lowest BCUT2D eigenvalue weighted by Crippen LogP contribution is -2.47. The summed E-state index contributed by atoms with van der Waals surface area (Å²) in [5.41, 5.74) is 2.95. The third-order valence-corrected chi connectivity index (χ3v) is 4.28. The normalized spacial score (nSPS) is 28.4. The molecule has 1 aliphatic heterocycles. The van der Waals surface area contributed by atoms with Gasteiger partial charge >= 0.3 is 0 Å². The second kappa shape index (κ2) is 4.12.